The van der Waals surface area contributed by atoms with Crippen molar-refractivity contribution in [3.05, 3.63) is 45.1 Å². The molecule has 0 unspecified atom stereocenters. The number of quaternary nitrogens is 1. The lowest BCUT2D eigenvalue weighted by atomic mass is 9.97. The van der Waals surface area contributed by atoms with Gasteiger partial charge in [0.05, 0.1) is 31.2 Å². The zero-order chi connectivity index (χ0) is 45.6. The van der Waals surface area contributed by atoms with E-state index in [9.17, 15) is 54.4 Å². The van der Waals surface area contributed by atoms with E-state index >= 15 is 0 Å². The van der Waals surface area contributed by atoms with Crippen molar-refractivity contribution < 1.29 is 68.5 Å². The number of hydrogen-bond acceptors (Lipinski definition) is 16. The van der Waals surface area contributed by atoms with Gasteiger partial charge < -0.3 is 49.9 Å². The predicted molar refractivity (Wildman–Crippen MR) is 223 cm³/mol. The number of anilines is 1. The average Bonchev–Trinajstić information content (AvgIpc) is 3.47. The van der Waals surface area contributed by atoms with E-state index in [1.165, 1.54) is 37.1 Å². The second kappa shape index (κ2) is 17.3. The van der Waals surface area contributed by atoms with E-state index in [4.69, 9.17) is 21.2 Å². The highest BCUT2D eigenvalue weighted by atomic mass is 35.5. The first-order valence-electron chi connectivity index (χ1n) is 19.3. The summed E-state index contributed by atoms with van der Waals surface area (Å²) in [6.45, 7) is 11.2. The summed E-state index contributed by atoms with van der Waals surface area (Å²) in [6.07, 6.45) is 0.244. The van der Waals surface area contributed by atoms with Crippen molar-refractivity contribution in [2.24, 2.45) is 10.3 Å². The van der Waals surface area contributed by atoms with E-state index in [1.807, 2.05) is 6.92 Å². The summed E-state index contributed by atoms with van der Waals surface area (Å²) in [5.41, 5.74) is -3.56. The number of thioether (sulfide) groups is 1. The van der Waals surface area contributed by atoms with Gasteiger partial charge in [0.2, 0.25) is 5.60 Å². The summed E-state index contributed by atoms with van der Waals surface area (Å²) in [5.74, 6) is -6.26. The number of aromatic hydroxyl groups is 2. The second-order valence-electron chi connectivity index (χ2n) is 16.7. The van der Waals surface area contributed by atoms with E-state index in [0.717, 1.165) is 22.3 Å². The summed E-state index contributed by atoms with van der Waals surface area (Å²) < 4.78 is 5.65. The Morgan fingerprint density at radius 3 is 2.34 bits per heavy atom. The molecule has 4 amide bonds. The highest BCUT2D eigenvalue weighted by molar-refractivity contribution is 8.00. The van der Waals surface area contributed by atoms with Crippen molar-refractivity contribution in [2.75, 3.05) is 38.0 Å². The summed E-state index contributed by atoms with van der Waals surface area (Å²) in [5, 5.41) is 61.8. The Morgan fingerprint density at radius 1 is 1.05 bits per heavy atom. The van der Waals surface area contributed by atoms with E-state index in [1.54, 1.807) is 25.7 Å². The molecule has 0 aliphatic carbocycles. The van der Waals surface area contributed by atoms with Crippen LogP contribution in [0.3, 0.4) is 0 Å². The molecule has 0 radical (unpaired) electrons. The van der Waals surface area contributed by atoms with E-state index < -0.39 is 86.5 Å². The number of phenols is 2. The molecule has 5 aliphatic heterocycles. The molecule has 4 saturated heterocycles. The molecule has 3 atom stereocenters. The van der Waals surface area contributed by atoms with Crippen LogP contribution < -0.4 is 10.6 Å². The Kier molecular flexibility index (Phi) is 12.8. The molecule has 24 heteroatoms. The number of phenolic OH excluding ortho intramolecular Hbond substituents is 2. The van der Waals surface area contributed by atoms with Gasteiger partial charge in [-0.2, -0.15) is 0 Å². The maximum Gasteiger partial charge on any atom is 0.413 e. The van der Waals surface area contributed by atoms with Crippen molar-refractivity contribution in [1.82, 2.24) is 20.1 Å². The van der Waals surface area contributed by atoms with Gasteiger partial charge in [0.15, 0.2) is 28.1 Å². The van der Waals surface area contributed by atoms with Crippen LogP contribution >= 0.6 is 34.7 Å². The molecular formula is C38H46ClN8O13S2+. The number of carbonyl (C=O) groups excluding carboxylic acids is 4. The molecule has 334 valence electrons. The molecule has 7 rings (SSSR count). The van der Waals surface area contributed by atoms with Crippen molar-refractivity contribution in [3.8, 4) is 11.5 Å². The van der Waals surface area contributed by atoms with Crippen LogP contribution in [0.4, 0.5) is 9.93 Å². The average molecular weight is 922 g/mol. The minimum absolute atomic E-state index is 0.0156. The van der Waals surface area contributed by atoms with Crippen LogP contribution in [0, 0.1) is 0 Å². The molecule has 0 spiro atoms. The molecule has 6 heterocycles. The number of piperidine rings is 1. The zero-order valence-corrected chi connectivity index (χ0v) is 36.8. The number of carbonyl (C=O) groups is 6. The molecule has 2 bridgehead atoms. The number of thiazole rings is 1. The van der Waals surface area contributed by atoms with Crippen LogP contribution in [0.2, 0.25) is 5.02 Å². The lowest BCUT2D eigenvalue weighted by molar-refractivity contribution is -0.925. The number of β-lactam (4-membered cyclic amide) rings is 1. The van der Waals surface area contributed by atoms with Crippen LogP contribution in [0.15, 0.2) is 39.1 Å². The third kappa shape index (κ3) is 9.10. The predicted octanol–water partition coefficient (Wildman–Crippen LogP) is 2.97. The number of halogens is 1. The Morgan fingerprint density at radius 2 is 1.73 bits per heavy atom. The number of ether oxygens (including phenoxy) is 1. The van der Waals surface area contributed by atoms with Crippen molar-refractivity contribution in [1.29, 1.82) is 0 Å². The number of oxime groups is 2. The molecule has 21 nitrogen and oxygen atoms in total. The minimum Gasteiger partial charge on any atom is -0.504 e. The highest BCUT2D eigenvalue weighted by Crippen LogP contribution is 2.46. The molecule has 1 aromatic heterocycles. The smallest absolute Gasteiger partial charge is 0.413 e. The second-order valence-corrected chi connectivity index (χ2v) is 19.4. The molecule has 7 N–H and O–H groups in total. The lowest BCUT2D eigenvalue weighted by Crippen LogP contribution is -2.72. The molecular weight excluding hydrogens is 876 g/mol. The minimum atomic E-state index is -1.89. The van der Waals surface area contributed by atoms with E-state index in [0.29, 0.717) is 42.5 Å². The summed E-state index contributed by atoms with van der Waals surface area (Å²) in [4.78, 5) is 90.9. The summed E-state index contributed by atoms with van der Waals surface area (Å²) in [6, 6.07) is 0.899. The van der Waals surface area contributed by atoms with Crippen LogP contribution in [-0.2, 0) is 33.5 Å². The zero-order valence-electron chi connectivity index (χ0n) is 34.4. The third-order valence-electron chi connectivity index (χ3n) is 10.9. The number of rotatable bonds is 12. The van der Waals surface area contributed by atoms with Crippen LogP contribution in [0.25, 0.3) is 0 Å². The fourth-order valence-corrected chi connectivity index (χ4v) is 9.96. The van der Waals surface area contributed by atoms with Gasteiger partial charge >= 0.3 is 18.0 Å². The topological polar surface area (TPSA) is 290 Å². The summed E-state index contributed by atoms with van der Waals surface area (Å²) >= 11 is 8.38. The number of carboxylic acids is 2. The Hall–Kier alpha value is -5.65. The first kappa shape index (κ1) is 45.9. The summed E-state index contributed by atoms with van der Waals surface area (Å²) in [7, 11) is 0. The Bertz CT molecular complexity index is 2300. The van der Waals surface area contributed by atoms with Gasteiger partial charge in [-0.1, -0.05) is 21.9 Å². The number of hydrogen-bond donors (Lipinski definition) is 7. The highest BCUT2D eigenvalue weighted by Gasteiger charge is 2.57. The fraction of sp³-hybridized carbons (Fsp3) is 0.500. The normalized spacial score (nSPS) is 24.1. The number of benzene rings is 1. The van der Waals surface area contributed by atoms with E-state index in [-0.39, 0.29) is 46.2 Å². The first-order chi connectivity index (χ1) is 29.0. The van der Waals surface area contributed by atoms with Gasteiger partial charge in [-0.3, -0.25) is 24.6 Å². The van der Waals surface area contributed by atoms with Crippen LogP contribution in [0.5, 0.6) is 11.5 Å². The lowest BCUT2D eigenvalue weighted by Gasteiger charge is -2.52. The van der Waals surface area contributed by atoms with Crippen LogP contribution in [-0.4, -0.2) is 159 Å². The monoisotopic (exact) mass is 921 g/mol. The van der Waals surface area contributed by atoms with Crippen LogP contribution in [0.1, 0.15) is 65.6 Å². The maximum atomic E-state index is 13.9. The van der Waals surface area contributed by atoms with Gasteiger partial charge in [0.1, 0.15) is 35.0 Å². The SMILES string of the molecule is C[C@@H]1S[C@@H]2[C@H](NC(=O)/C(=N\OC(C)(C)C(=O)O)c3csc(NC(=O)OC(C)(C)C)n3)C(=O)N2C(C(=O)O)=C1C[N+]12CCC(CC1)N(C(=O)/C(=N\O)c1ccc(O)c(O)c1Cl)CC2. The Balaban J connectivity index is 1.20. The van der Waals surface area contributed by atoms with Gasteiger partial charge in [-0.05, 0) is 53.7 Å². The number of aromatic nitrogens is 1. The number of amides is 4. The maximum absolute atomic E-state index is 13.9. The van der Waals surface area contributed by atoms with Gasteiger partial charge in [0, 0.05) is 40.7 Å². The molecule has 0 saturated carbocycles. The third-order valence-corrected chi connectivity index (χ3v) is 13.5. The molecule has 5 aliphatic rings. The van der Waals surface area contributed by atoms with Crippen molar-refractivity contribution >= 4 is 87.0 Å². The van der Waals surface area contributed by atoms with Crippen molar-refractivity contribution in [2.45, 2.75) is 88.3 Å². The molecule has 4 fully saturated rings. The van der Waals surface area contributed by atoms with Gasteiger partial charge in [-0.25, -0.2) is 19.4 Å². The molecule has 62 heavy (non-hydrogen) atoms. The van der Waals surface area contributed by atoms with E-state index in [2.05, 4.69) is 25.9 Å². The quantitative estimate of drug-likeness (QED) is 0.0402. The van der Waals surface area contributed by atoms with Gasteiger partial charge in [0.25, 0.3) is 17.7 Å². The van der Waals surface area contributed by atoms with Gasteiger partial charge in [-0.15, -0.1) is 23.1 Å². The largest absolute Gasteiger partial charge is 0.504 e. The fourth-order valence-electron chi connectivity index (χ4n) is 7.59. The Labute approximate surface area is 367 Å². The van der Waals surface area contributed by atoms with Crippen molar-refractivity contribution in [3.63, 3.8) is 0 Å². The number of aliphatic carboxylic acids is 2. The number of nitrogens with one attached hydrogen (secondary N) is 2. The number of fused-ring (bicyclic) bond motifs is 5. The standard InChI is InChI=1S/C38H45ClN8O13S2/c1-17-20(15-47-12-9-18(10-13-47)45(11-14-47)30(51)24(43-58)19-7-8-22(48)28(49)23(19)39)27(33(53)54)46-31(52)26(32(46)62-17)41-29(50)25(44-60-38(5,6)34(55)56)21-16-61-35(40-21)42-36(57)59-37(2,3)4/h7-8,16-18,26,32H,9-15H2,1-6H3,(H6-,40,41,42,43,44,48,49,50,51,53,54,55,56,57,58)/p+1/t17-,18?,26+,32+,47?/m0/s1. The number of carboxylic acid groups (broad SMARTS) is 2. The number of nitrogens with zero attached hydrogens (tertiary/aromatic N) is 6. The molecule has 1 aromatic carbocycles. The first-order valence-corrected chi connectivity index (χ1v) is 21.5. The molecule has 2 aromatic rings.